The Labute approximate surface area is 144 Å². The first-order valence-electron chi connectivity index (χ1n) is 8.78. The number of anilines is 1. The van der Waals surface area contributed by atoms with E-state index in [1.165, 1.54) is 12.8 Å². The van der Waals surface area contributed by atoms with Crippen molar-refractivity contribution in [2.45, 2.75) is 51.8 Å². The second-order valence-electron chi connectivity index (χ2n) is 8.02. The quantitative estimate of drug-likeness (QED) is 0.831. The van der Waals surface area contributed by atoms with Gasteiger partial charge in [-0.1, -0.05) is 24.3 Å². The summed E-state index contributed by atoms with van der Waals surface area (Å²) in [6.45, 7) is 6.19. The highest BCUT2D eigenvalue weighted by Gasteiger charge is 2.40. The van der Waals surface area contributed by atoms with Gasteiger partial charge in [-0.3, -0.25) is 0 Å². The molecule has 3 atom stereocenters. The molecule has 130 valence electrons. The van der Waals surface area contributed by atoms with Gasteiger partial charge in [0.2, 0.25) is 0 Å². The van der Waals surface area contributed by atoms with Gasteiger partial charge < -0.3 is 15.0 Å². The van der Waals surface area contributed by atoms with Gasteiger partial charge in [0.1, 0.15) is 5.60 Å². The molecule has 2 aliphatic carbocycles. The van der Waals surface area contributed by atoms with E-state index in [4.69, 9.17) is 4.74 Å². The largest absolute Gasteiger partial charge is 0.444 e. The van der Waals surface area contributed by atoms with Crippen LogP contribution in [0.1, 0.15) is 39.2 Å². The number of rotatable bonds is 4. The standard InChI is InChI=1S/C20H28N2O2/c1-20(2,3)24-19(23)22(4)13-14-7-5-9-16(11-14)21-18-12-15-8-6-10-17(15)18/h5-7,9-11,15,17-18,21H,8,12-13H2,1-4H3. The van der Waals surface area contributed by atoms with Crippen LogP contribution in [0, 0.1) is 11.8 Å². The normalized spacial score (nSPS) is 24.9. The highest BCUT2D eigenvalue weighted by molar-refractivity contribution is 5.67. The van der Waals surface area contributed by atoms with E-state index in [1.807, 2.05) is 32.9 Å². The second kappa shape index (κ2) is 6.50. The molecule has 1 aromatic rings. The molecule has 1 fully saturated rings. The van der Waals surface area contributed by atoms with Gasteiger partial charge in [0.05, 0.1) is 0 Å². The number of carbonyl (C=O) groups is 1. The molecule has 2 aliphatic rings. The molecular formula is C20H28N2O2. The number of benzene rings is 1. The third-order valence-corrected chi connectivity index (χ3v) is 4.77. The van der Waals surface area contributed by atoms with Gasteiger partial charge in [-0.05, 0) is 57.2 Å². The van der Waals surface area contributed by atoms with Crippen LogP contribution in [-0.4, -0.2) is 29.7 Å². The Balaban J connectivity index is 1.57. The lowest BCUT2D eigenvalue weighted by Gasteiger charge is -2.41. The lowest BCUT2D eigenvalue weighted by molar-refractivity contribution is 0.0285. The molecule has 3 rings (SSSR count). The number of hydrogen-bond donors (Lipinski definition) is 1. The molecule has 24 heavy (non-hydrogen) atoms. The summed E-state index contributed by atoms with van der Waals surface area (Å²) in [6, 6.07) is 8.87. The molecule has 1 N–H and O–H groups in total. The summed E-state index contributed by atoms with van der Waals surface area (Å²) in [4.78, 5) is 13.7. The summed E-state index contributed by atoms with van der Waals surface area (Å²) in [5.41, 5.74) is 1.77. The number of nitrogens with zero attached hydrogens (tertiary/aromatic N) is 1. The Morgan fingerprint density at radius 2 is 2.17 bits per heavy atom. The predicted molar refractivity (Wildman–Crippen MR) is 96.9 cm³/mol. The summed E-state index contributed by atoms with van der Waals surface area (Å²) in [7, 11) is 1.77. The van der Waals surface area contributed by atoms with Gasteiger partial charge in [0, 0.05) is 31.2 Å². The molecule has 0 saturated heterocycles. The lowest BCUT2D eigenvalue weighted by atomic mass is 9.71. The maximum Gasteiger partial charge on any atom is 0.410 e. The molecule has 0 spiro atoms. The first-order chi connectivity index (χ1) is 11.3. The van der Waals surface area contributed by atoms with Crippen molar-refractivity contribution in [2.24, 2.45) is 11.8 Å². The highest BCUT2D eigenvalue weighted by Crippen LogP contribution is 2.44. The van der Waals surface area contributed by atoms with Gasteiger partial charge >= 0.3 is 6.09 Å². The summed E-state index contributed by atoms with van der Waals surface area (Å²) in [5, 5.41) is 3.64. The van der Waals surface area contributed by atoms with Gasteiger partial charge in [-0.15, -0.1) is 0 Å². The molecule has 0 aliphatic heterocycles. The van der Waals surface area contributed by atoms with E-state index in [-0.39, 0.29) is 6.09 Å². The summed E-state index contributed by atoms with van der Waals surface area (Å²) < 4.78 is 5.40. The minimum absolute atomic E-state index is 0.293. The Morgan fingerprint density at radius 1 is 1.38 bits per heavy atom. The van der Waals surface area contributed by atoms with Crippen LogP contribution in [0.25, 0.3) is 0 Å². The first-order valence-corrected chi connectivity index (χ1v) is 8.78. The molecule has 1 amide bonds. The molecule has 4 heteroatoms. The summed E-state index contributed by atoms with van der Waals surface area (Å²) in [6.07, 6.45) is 6.86. The fourth-order valence-electron chi connectivity index (χ4n) is 3.54. The van der Waals surface area contributed by atoms with Gasteiger partial charge in [0.25, 0.3) is 0 Å². The number of carbonyl (C=O) groups excluding carboxylic acids is 1. The zero-order chi connectivity index (χ0) is 17.3. The maximum atomic E-state index is 12.1. The zero-order valence-corrected chi connectivity index (χ0v) is 15.1. The second-order valence-corrected chi connectivity index (χ2v) is 8.02. The van der Waals surface area contributed by atoms with E-state index in [9.17, 15) is 4.79 Å². The fraction of sp³-hybridized carbons (Fsp3) is 0.550. The zero-order valence-electron chi connectivity index (χ0n) is 15.1. The molecule has 0 heterocycles. The number of fused-ring (bicyclic) bond motifs is 1. The van der Waals surface area contributed by atoms with E-state index in [0.29, 0.717) is 18.5 Å². The Hall–Kier alpha value is -1.97. The van der Waals surface area contributed by atoms with E-state index in [0.717, 1.165) is 17.2 Å². The van der Waals surface area contributed by atoms with E-state index < -0.39 is 5.60 Å². The number of allylic oxidation sites excluding steroid dienone is 1. The smallest absolute Gasteiger partial charge is 0.410 e. The number of ether oxygens (including phenoxy) is 1. The first kappa shape index (κ1) is 16.9. The summed E-state index contributed by atoms with van der Waals surface area (Å²) in [5.74, 6) is 1.54. The van der Waals surface area contributed by atoms with E-state index in [2.05, 4.69) is 29.6 Å². The van der Waals surface area contributed by atoms with Crippen molar-refractivity contribution in [3.05, 3.63) is 42.0 Å². The Morgan fingerprint density at radius 3 is 2.88 bits per heavy atom. The van der Waals surface area contributed by atoms with Crippen molar-refractivity contribution in [1.82, 2.24) is 4.90 Å². The van der Waals surface area contributed by atoms with Crippen LogP contribution >= 0.6 is 0 Å². The SMILES string of the molecule is CN(Cc1cccc(NC2CC3CC=CC32)c1)C(=O)OC(C)(C)C. The van der Waals surface area contributed by atoms with Crippen LogP contribution in [0.2, 0.25) is 0 Å². The number of amides is 1. The van der Waals surface area contributed by atoms with Crippen molar-refractivity contribution in [3.63, 3.8) is 0 Å². The minimum Gasteiger partial charge on any atom is -0.444 e. The van der Waals surface area contributed by atoms with Crippen molar-refractivity contribution < 1.29 is 9.53 Å². The molecule has 3 unspecified atom stereocenters. The van der Waals surface area contributed by atoms with Crippen LogP contribution in [0.15, 0.2) is 36.4 Å². The molecule has 1 aromatic carbocycles. The van der Waals surface area contributed by atoms with Gasteiger partial charge in [-0.25, -0.2) is 4.79 Å². The molecular weight excluding hydrogens is 300 g/mol. The molecule has 4 nitrogen and oxygen atoms in total. The van der Waals surface area contributed by atoms with Crippen LogP contribution in [0.5, 0.6) is 0 Å². The summed E-state index contributed by atoms with van der Waals surface area (Å²) >= 11 is 0. The monoisotopic (exact) mass is 328 g/mol. The third-order valence-electron chi connectivity index (χ3n) is 4.77. The predicted octanol–water partition coefficient (Wildman–Crippen LogP) is 4.43. The topological polar surface area (TPSA) is 41.6 Å². The minimum atomic E-state index is -0.468. The van der Waals surface area contributed by atoms with Gasteiger partial charge in [0.15, 0.2) is 0 Å². The van der Waals surface area contributed by atoms with Crippen LogP contribution in [-0.2, 0) is 11.3 Å². The van der Waals surface area contributed by atoms with Crippen molar-refractivity contribution >= 4 is 11.8 Å². The van der Waals surface area contributed by atoms with Crippen molar-refractivity contribution in [3.8, 4) is 0 Å². The average molecular weight is 328 g/mol. The molecule has 0 radical (unpaired) electrons. The highest BCUT2D eigenvalue weighted by atomic mass is 16.6. The molecule has 1 saturated carbocycles. The van der Waals surface area contributed by atoms with E-state index in [1.54, 1.807) is 11.9 Å². The van der Waals surface area contributed by atoms with E-state index >= 15 is 0 Å². The third kappa shape index (κ3) is 3.92. The molecule has 0 bridgehead atoms. The average Bonchev–Trinajstić information content (AvgIpc) is 2.84. The lowest BCUT2D eigenvalue weighted by Crippen LogP contribution is -2.43. The Bertz CT molecular complexity index is 633. The van der Waals surface area contributed by atoms with Crippen molar-refractivity contribution in [1.29, 1.82) is 0 Å². The number of hydrogen-bond acceptors (Lipinski definition) is 3. The van der Waals surface area contributed by atoms with Gasteiger partial charge in [-0.2, -0.15) is 0 Å². The maximum absolute atomic E-state index is 12.1. The number of nitrogens with one attached hydrogen (secondary N) is 1. The Kier molecular flexibility index (Phi) is 4.57. The van der Waals surface area contributed by atoms with Crippen LogP contribution in [0.3, 0.4) is 0 Å². The molecule has 0 aromatic heterocycles. The van der Waals surface area contributed by atoms with Crippen LogP contribution in [0.4, 0.5) is 10.5 Å². The fourth-order valence-corrected chi connectivity index (χ4v) is 3.54. The van der Waals surface area contributed by atoms with Crippen LogP contribution < -0.4 is 5.32 Å². The van der Waals surface area contributed by atoms with Crippen molar-refractivity contribution in [2.75, 3.05) is 12.4 Å².